The highest BCUT2D eigenvalue weighted by Crippen LogP contribution is 2.26. The van der Waals surface area contributed by atoms with E-state index in [1.165, 1.54) is 12.1 Å². The van der Waals surface area contributed by atoms with Gasteiger partial charge in [-0.25, -0.2) is 0 Å². The van der Waals surface area contributed by atoms with Crippen LogP contribution >= 0.6 is 0 Å². The quantitative estimate of drug-likeness (QED) is 0.764. The molecular formula is C9H8F2O3. The lowest BCUT2D eigenvalue weighted by Crippen LogP contribution is -2.18. The Morgan fingerprint density at radius 1 is 1.50 bits per heavy atom. The maximum Gasteiger partial charge on any atom is 0.394 e. The van der Waals surface area contributed by atoms with Gasteiger partial charge >= 0.3 is 6.11 Å². The first-order valence-corrected chi connectivity index (χ1v) is 3.77. The van der Waals surface area contributed by atoms with Crippen molar-refractivity contribution >= 4 is 6.29 Å². The molecule has 5 heteroatoms. The Hall–Kier alpha value is -1.65. The van der Waals surface area contributed by atoms with Crippen molar-refractivity contribution in [3.05, 3.63) is 23.8 Å². The summed E-state index contributed by atoms with van der Waals surface area (Å²) in [4.78, 5) is 10.3. The number of aromatic hydroxyl groups is 1. The normalized spacial score (nSPS) is 11.1. The van der Waals surface area contributed by atoms with Crippen LogP contribution in [0, 0.1) is 0 Å². The van der Waals surface area contributed by atoms with Crippen molar-refractivity contribution in [3.63, 3.8) is 0 Å². The molecule has 0 aromatic heterocycles. The standard InChI is InChI=1S/C9H8F2O3/c1-9(10,11)14-7-3-2-6(5-12)8(13)4-7/h2-5,13H,1H3. The zero-order valence-electron chi connectivity index (χ0n) is 7.33. The molecule has 0 saturated heterocycles. The van der Waals surface area contributed by atoms with Gasteiger partial charge in [0.15, 0.2) is 6.29 Å². The van der Waals surface area contributed by atoms with E-state index in [0.717, 1.165) is 6.07 Å². The van der Waals surface area contributed by atoms with Crippen LogP contribution in [-0.4, -0.2) is 17.5 Å². The maximum absolute atomic E-state index is 12.3. The molecule has 0 aliphatic rings. The number of carbonyl (C=O) groups is 1. The van der Waals surface area contributed by atoms with Crippen LogP contribution in [0.25, 0.3) is 0 Å². The van der Waals surface area contributed by atoms with Gasteiger partial charge in [0.1, 0.15) is 11.5 Å². The molecule has 1 aromatic rings. The van der Waals surface area contributed by atoms with Gasteiger partial charge in [-0.2, -0.15) is 8.78 Å². The molecule has 0 spiro atoms. The van der Waals surface area contributed by atoms with E-state index in [9.17, 15) is 13.6 Å². The fourth-order valence-corrected chi connectivity index (χ4v) is 0.894. The lowest BCUT2D eigenvalue weighted by Gasteiger charge is -2.13. The minimum Gasteiger partial charge on any atom is -0.507 e. The number of alkyl halides is 2. The summed E-state index contributed by atoms with van der Waals surface area (Å²) in [6.07, 6.45) is -2.89. The second-order valence-electron chi connectivity index (χ2n) is 2.75. The summed E-state index contributed by atoms with van der Waals surface area (Å²) >= 11 is 0. The summed E-state index contributed by atoms with van der Waals surface area (Å²) in [6, 6.07) is 3.34. The molecule has 1 aromatic carbocycles. The topological polar surface area (TPSA) is 46.5 Å². The fraction of sp³-hybridized carbons (Fsp3) is 0.222. The predicted octanol–water partition coefficient (Wildman–Crippen LogP) is 2.20. The molecule has 0 bridgehead atoms. The van der Waals surface area contributed by atoms with Crippen molar-refractivity contribution in [2.75, 3.05) is 0 Å². The first-order valence-electron chi connectivity index (χ1n) is 3.77. The van der Waals surface area contributed by atoms with Crippen LogP contribution in [-0.2, 0) is 0 Å². The van der Waals surface area contributed by atoms with Crippen molar-refractivity contribution in [2.24, 2.45) is 0 Å². The van der Waals surface area contributed by atoms with Crippen LogP contribution < -0.4 is 4.74 Å². The third kappa shape index (κ3) is 2.69. The summed E-state index contributed by atoms with van der Waals surface area (Å²) in [6.45, 7) is 0.581. The van der Waals surface area contributed by atoms with E-state index in [4.69, 9.17) is 5.11 Å². The van der Waals surface area contributed by atoms with E-state index in [1.54, 1.807) is 0 Å². The Kier molecular flexibility index (Phi) is 2.69. The van der Waals surface area contributed by atoms with Gasteiger partial charge in [-0.3, -0.25) is 4.79 Å². The molecule has 0 heterocycles. The number of hydrogen-bond acceptors (Lipinski definition) is 3. The third-order valence-electron chi connectivity index (χ3n) is 1.43. The SMILES string of the molecule is CC(F)(F)Oc1ccc(C=O)c(O)c1. The summed E-state index contributed by atoms with van der Waals surface area (Å²) in [5, 5.41) is 9.13. The number of benzene rings is 1. The Bertz CT molecular complexity index is 344. The number of halogens is 2. The van der Waals surface area contributed by atoms with Crippen molar-refractivity contribution in [1.82, 2.24) is 0 Å². The summed E-state index contributed by atoms with van der Waals surface area (Å²) < 4.78 is 28.9. The molecule has 0 fully saturated rings. The van der Waals surface area contributed by atoms with Gasteiger partial charge in [-0.15, -0.1) is 0 Å². The Balaban J connectivity index is 2.92. The van der Waals surface area contributed by atoms with Crippen molar-refractivity contribution < 1.29 is 23.4 Å². The van der Waals surface area contributed by atoms with Gasteiger partial charge in [0.05, 0.1) is 5.56 Å². The zero-order valence-corrected chi connectivity index (χ0v) is 7.33. The predicted molar refractivity (Wildman–Crippen MR) is 44.7 cm³/mol. The first kappa shape index (κ1) is 10.4. The van der Waals surface area contributed by atoms with Gasteiger partial charge in [0, 0.05) is 13.0 Å². The number of hydrogen-bond donors (Lipinski definition) is 1. The second kappa shape index (κ2) is 3.61. The van der Waals surface area contributed by atoms with Gasteiger partial charge in [0.2, 0.25) is 0 Å². The maximum atomic E-state index is 12.3. The molecule has 0 aliphatic heterocycles. The van der Waals surface area contributed by atoms with Crippen LogP contribution in [0.1, 0.15) is 17.3 Å². The highest BCUT2D eigenvalue weighted by Gasteiger charge is 2.23. The molecule has 3 nitrogen and oxygen atoms in total. The second-order valence-corrected chi connectivity index (χ2v) is 2.75. The van der Waals surface area contributed by atoms with E-state index in [-0.39, 0.29) is 17.1 Å². The number of rotatable bonds is 3. The van der Waals surface area contributed by atoms with E-state index in [1.807, 2.05) is 0 Å². The summed E-state index contributed by atoms with van der Waals surface area (Å²) in [5.41, 5.74) is 0.0248. The lowest BCUT2D eigenvalue weighted by atomic mass is 10.2. The van der Waals surface area contributed by atoms with E-state index >= 15 is 0 Å². The minimum absolute atomic E-state index is 0.0248. The van der Waals surface area contributed by atoms with E-state index in [0.29, 0.717) is 13.2 Å². The van der Waals surface area contributed by atoms with Crippen LogP contribution in [0.4, 0.5) is 8.78 Å². The summed E-state index contributed by atoms with van der Waals surface area (Å²) in [7, 11) is 0. The molecule has 14 heavy (non-hydrogen) atoms. The molecule has 0 amide bonds. The molecular weight excluding hydrogens is 194 g/mol. The average molecular weight is 202 g/mol. The van der Waals surface area contributed by atoms with Gasteiger partial charge < -0.3 is 9.84 Å². The summed E-state index contributed by atoms with van der Waals surface area (Å²) in [5.74, 6) is -0.581. The van der Waals surface area contributed by atoms with Gasteiger partial charge in [-0.05, 0) is 12.1 Å². The van der Waals surface area contributed by atoms with Crippen LogP contribution in [0.2, 0.25) is 0 Å². The number of ether oxygens (including phenoxy) is 1. The number of aldehydes is 1. The largest absolute Gasteiger partial charge is 0.507 e. The number of carbonyl (C=O) groups excluding carboxylic acids is 1. The highest BCUT2D eigenvalue weighted by molar-refractivity contribution is 5.79. The van der Waals surface area contributed by atoms with E-state index < -0.39 is 6.11 Å². The van der Waals surface area contributed by atoms with Gasteiger partial charge in [-0.1, -0.05) is 0 Å². The highest BCUT2D eigenvalue weighted by atomic mass is 19.3. The van der Waals surface area contributed by atoms with Crippen molar-refractivity contribution in [1.29, 1.82) is 0 Å². The molecule has 0 saturated carbocycles. The zero-order chi connectivity index (χ0) is 10.8. The monoisotopic (exact) mass is 202 g/mol. The fourth-order valence-electron chi connectivity index (χ4n) is 0.894. The smallest absolute Gasteiger partial charge is 0.394 e. The van der Waals surface area contributed by atoms with Crippen LogP contribution in [0.5, 0.6) is 11.5 Å². The van der Waals surface area contributed by atoms with Crippen LogP contribution in [0.15, 0.2) is 18.2 Å². The Morgan fingerprint density at radius 3 is 2.57 bits per heavy atom. The molecule has 1 N–H and O–H groups in total. The lowest BCUT2D eigenvalue weighted by molar-refractivity contribution is -0.159. The van der Waals surface area contributed by atoms with Gasteiger partial charge in [0.25, 0.3) is 0 Å². The van der Waals surface area contributed by atoms with Crippen LogP contribution in [0.3, 0.4) is 0 Å². The Morgan fingerprint density at radius 2 is 2.14 bits per heavy atom. The average Bonchev–Trinajstić information content (AvgIpc) is 2.01. The molecule has 1 rings (SSSR count). The number of phenols is 1. The molecule has 0 radical (unpaired) electrons. The number of phenolic OH excluding ortho intramolecular Hbond substituents is 1. The molecule has 0 atom stereocenters. The molecule has 0 unspecified atom stereocenters. The van der Waals surface area contributed by atoms with Crippen molar-refractivity contribution in [2.45, 2.75) is 13.0 Å². The molecule has 0 aliphatic carbocycles. The minimum atomic E-state index is -3.31. The third-order valence-corrected chi connectivity index (χ3v) is 1.43. The first-order chi connectivity index (χ1) is 6.42. The Labute approximate surface area is 78.9 Å². The molecule has 76 valence electrons. The van der Waals surface area contributed by atoms with E-state index in [2.05, 4.69) is 4.74 Å². The van der Waals surface area contributed by atoms with Crippen molar-refractivity contribution in [3.8, 4) is 11.5 Å².